The number of hydrogen-bond donors (Lipinski definition) is 0. The van der Waals surface area contributed by atoms with Crippen LogP contribution in [0.1, 0.15) is 23.5 Å². The summed E-state index contributed by atoms with van der Waals surface area (Å²) in [5, 5.41) is 11.6. The number of nitro benzene ring substituents is 1. The number of esters is 1. The summed E-state index contributed by atoms with van der Waals surface area (Å²) >= 11 is 0. The van der Waals surface area contributed by atoms with E-state index in [0.717, 1.165) is 12.0 Å². The van der Waals surface area contributed by atoms with Crippen molar-refractivity contribution in [2.75, 3.05) is 0 Å². The monoisotopic (exact) mass is 360 g/mol. The second-order valence-corrected chi connectivity index (χ2v) is 7.18. The van der Waals surface area contributed by atoms with E-state index in [4.69, 9.17) is 9.73 Å². The van der Waals surface area contributed by atoms with Gasteiger partial charge in [-0.3, -0.25) is 10.1 Å². The minimum atomic E-state index is -1.13. The van der Waals surface area contributed by atoms with E-state index in [0.29, 0.717) is 11.5 Å². The predicted octanol–water partition coefficient (Wildman–Crippen LogP) is 3.63. The number of nitro groups is 1. The van der Waals surface area contributed by atoms with Gasteiger partial charge in [0.05, 0.1) is 4.92 Å². The predicted molar refractivity (Wildman–Crippen MR) is 98.4 cm³/mol. The molecule has 0 unspecified atom stereocenters. The van der Waals surface area contributed by atoms with Crippen LogP contribution in [0.4, 0.5) is 5.69 Å². The summed E-state index contributed by atoms with van der Waals surface area (Å²) < 4.78 is 5.60. The maximum atomic E-state index is 13.1. The summed E-state index contributed by atoms with van der Waals surface area (Å²) in [5.41, 5.74) is 0.181. The SMILES string of the molecule is O=C1OC(c2ccccc2)=N[C@]12[C@@H]1C=C[C@@H](C1)[C@H]2c1ccccc1[N+](=O)[O-]. The second-order valence-electron chi connectivity index (χ2n) is 7.18. The van der Waals surface area contributed by atoms with Gasteiger partial charge in [0.2, 0.25) is 5.90 Å². The van der Waals surface area contributed by atoms with E-state index in [-0.39, 0.29) is 22.4 Å². The molecular weight excluding hydrogens is 344 g/mol. The molecule has 0 aromatic heterocycles. The van der Waals surface area contributed by atoms with Crippen molar-refractivity contribution in [2.24, 2.45) is 16.8 Å². The lowest BCUT2D eigenvalue weighted by Gasteiger charge is -2.32. The Hall–Kier alpha value is -3.28. The molecule has 6 nitrogen and oxygen atoms in total. The molecule has 5 rings (SSSR count). The third kappa shape index (κ3) is 2.13. The summed E-state index contributed by atoms with van der Waals surface area (Å²) in [6, 6.07) is 15.9. The van der Waals surface area contributed by atoms with Gasteiger partial charge < -0.3 is 4.74 Å². The van der Waals surface area contributed by atoms with E-state index in [1.165, 1.54) is 6.07 Å². The summed E-state index contributed by atoms with van der Waals surface area (Å²) in [4.78, 5) is 29.1. The number of para-hydroxylation sites is 1. The molecule has 6 heteroatoms. The van der Waals surface area contributed by atoms with Crippen LogP contribution in [0.3, 0.4) is 0 Å². The average molecular weight is 360 g/mol. The van der Waals surface area contributed by atoms with Crippen LogP contribution in [0.15, 0.2) is 71.7 Å². The van der Waals surface area contributed by atoms with Crippen molar-refractivity contribution in [3.63, 3.8) is 0 Å². The first-order valence-electron chi connectivity index (χ1n) is 8.90. The van der Waals surface area contributed by atoms with E-state index in [9.17, 15) is 14.9 Å². The molecule has 4 atom stereocenters. The lowest BCUT2D eigenvalue weighted by molar-refractivity contribution is -0.385. The van der Waals surface area contributed by atoms with Gasteiger partial charge in [-0.05, 0) is 24.5 Å². The standard InChI is InChI=1S/C21H16N2O4/c24-20-21(22-19(27-20)13-6-2-1-3-7-13)15-11-10-14(12-15)18(21)16-8-4-5-9-17(16)23(25)26/h1-11,14-15,18H,12H2/t14-,15+,18-,21-/m0/s1. The van der Waals surface area contributed by atoms with E-state index >= 15 is 0 Å². The normalized spacial score (nSPS) is 30.6. The number of aliphatic imine (C=N–C) groups is 1. The molecule has 1 fully saturated rings. The Kier molecular flexibility index (Phi) is 3.31. The molecule has 0 N–H and O–H groups in total. The lowest BCUT2D eigenvalue weighted by Crippen LogP contribution is -2.44. The molecule has 27 heavy (non-hydrogen) atoms. The number of ether oxygens (including phenoxy) is 1. The van der Waals surface area contributed by atoms with E-state index < -0.39 is 17.4 Å². The average Bonchev–Trinajstić information content (AvgIpc) is 3.37. The fourth-order valence-electron chi connectivity index (χ4n) is 4.78. The van der Waals surface area contributed by atoms with Crippen molar-refractivity contribution in [1.82, 2.24) is 0 Å². The molecule has 1 aliphatic heterocycles. The van der Waals surface area contributed by atoms with Gasteiger partial charge in [-0.2, -0.15) is 0 Å². The maximum Gasteiger partial charge on any atom is 0.342 e. The first-order chi connectivity index (χ1) is 13.1. The maximum absolute atomic E-state index is 13.1. The van der Waals surface area contributed by atoms with Gasteiger partial charge >= 0.3 is 5.97 Å². The fourth-order valence-corrected chi connectivity index (χ4v) is 4.78. The molecule has 1 saturated carbocycles. The molecule has 0 amide bonds. The van der Waals surface area contributed by atoms with Gasteiger partial charge in [0.15, 0.2) is 5.54 Å². The molecule has 2 aromatic carbocycles. The Bertz CT molecular complexity index is 1010. The zero-order valence-corrected chi connectivity index (χ0v) is 14.3. The van der Waals surface area contributed by atoms with Crippen LogP contribution in [0, 0.1) is 22.0 Å². The Morgan fingerprint density at radius 3 is 2.59 bits per heavy atom. The Morgan fingerprint density at radius 1 is 1.07 bits per heavy atom. The van der Waals surface area contributed by atoms with Crippen molar-refractivity contribution in [1.29, 1.82) is 0 Å². The van der Waals surface area contributed by atoms with Crippen LogP contribution in [0.2, 0.25) is 0 Å². The van der Waals surface area contributed by atoms with Crippen molar-refractivity contribution >= 4 is 17.6 Å². The Balaban J connectivity index is 1.69. The van der Waals surface area contributed by atoms with E-state index in [1.54, 1.807) is 18.2 Å². The van der Waals surface area contributed by atoms with Crippen molar-refractivity contribution < 1.29 is 14.5 Å². The molecule has 134 valence electrons. The number of benzene rings is 2. The number of rotatable bonds is 3. The summed E-state index contributed by atoms with van der Waals surface area (Å²) in [7, 11) is 0. The molecular formula is C21H16N2O4. The van der Waals surface area contributed by atoms with Gasteiger partial charge in [-0.25, -0.2) is 9.79 Å². The highest BCUT2D eigenvalue weighted by molar-refractivity contribution is 6.09. The smallest absolute Gasteiger partial charge is 0.342 e. The van der Waals surface area contributed by atoms with Gasteiger partial charge in [0.25, 0.3) is 5.69 Å². The first-order valence-corrected chi connectivity index (χ1v) is 8.90. The molecule has 0 saturated heterocycles. The number of fused-ring (bicyclic) bond motifs is 3. The van der Waals surface area contributed by atoms with E-state index in [2.05, 4.69) is 6.08 Å². The molecule has 3 aliphatic rings. The summed E-state index contributed by atoms with van der Waals surface area (Å²) in [5.74, 6) is -0.599. The molecule has 2 aromatic rings. The number of nitrogens with zero attached hydrogens (tertiary/aromatic N) is 2. The van der Waals surface area contributed by atoms with Gasteiger partial charge in [0, 0.05) is 29.0 Å². The Labute approximate surface area is 155 Å². The number of cyclic esters (lactones) is 1. The van der Waals surface area contributed by atoms with Crippen LogP contribution in [0.5, 0.6) is 0 Å². The molecule has 2 bridgehead atoms. The third-order valence-corrected chi connectivity index (χ3v) is 5.88. The molecule has 1 heterocycles. The highest BCUT2D eigenvalue weighted by Gasteiger charge is 2.66. The van der Waals surface area contributed by atoms with Crippen LogP contribution in [-0.2, 0) is 9.53 Å². The number of carbonyl (C=O) groups excluding carboxylic acids is 1. The van der Waals surface area contributed by atoms with Gasteiger partial charge in [0.1, 0.15) is 0 Å². The van der Waals surface area contributed by atoms with E-state index in [1.807, 2.05) is 36.4 Å². The minimum absolute atomic E-state index is 0.0268. The van der Waals surface area contributed by atoms with Gasteiger partial charge in [-0.15, -0.1) is 0 Å². The second kappa shape index (κ2) is 5.61. The minimum Gasteiger partial charge on any atom is -0.405 e. The molecule has 2 aliphatic carbocycles. The summed E-state index contributed by atoms with van der Waals surface area (Å²) in [6.07, 6.45) is 4.81. The van der Waals surface area contributed by atoms with Crippen molar-refractivity contribution in [2.45, 2.75) is 17.9 Å². The lowest BCUT2D eigenvalue weighted by atomic mass is 9.72. The first kappa shape index (κ1) is 15.9. The highest BCUT2D eigenvalue weighted by atomic mass is 16.6. The van der Waals surface area contributed by atoms with Gasteiger partial charge in [-0.1, -0.05) is 48.6 Å². The third-order valence-electron chi connectivity index (χ3n) is 5.88. The van der Waals surface area contributed by atoms with Crippen molar-refractivity contribution in [3.8, 4) is 0 Å². The highest BCUT2D eigenvalue weighted by Crippen LogP contribution is 2.60. The quantitative estimate of drug-likeness (QED) is 0.362. The van der Waals surface area contributed by atoms with Crippen LogP contribution in [-0.4, -0.2) is 22.3 Å². The zero-order chi connectivity index (χ0) is 18.6. The zero-order valence-electron chi connectivity index (χ0n) is 14.3. The molecule has 0 radical (unpaired) electrons. The molecule has 1 spiro atoms. The van der Waals surface area contributed by atoms with Crippen LogP contribution in [0.25, 0.3) is 0 Å². The summed E-state index contributed by atoms with van der Waals surface area (Å²) in [6.45, 7) is 0. The van der Waals surface area contributed by atoms with Crippen LogP contribution >= 0.6 is 0 Å². The number of hydrogen-bond acceptors (Lipinski definition) is 5. The Morgan fingerprint density at radius 2 is 1.81 bits per heavy atom. The van der Waals surface area contributed by atoms with Crippen molar-refractivity contribution in [3.05, 3.63) is 88.0 Å². The van der Waals surface area contributed by atoms with Crippen LogP contribution < -0.4 is 0 Å². The number of allylic oxidation sites excluding steroid dienone is 1. The number of carbonyl (C=O) groups is 1. The topological polar surface area (TPSA) is 81.8 Å². The fraction of sp³-hybridized carbons (Fsp3) is 0.238. The largest absolute Gasteiger partial charge is 0.405 e.